The van der Waals surface area contributed by atoms with Crippen LogP contribution in [0.3, 0.4) is 0 Å². The summed E-state index contributed by atoms with van der Waals surface area (Å²) in [6, 6.07) is 9.36. The fourth-order valence-corrected chi connectivity index (χ4v) is 3.36. The molecule has 0 bridgehead atoms. The molecule has 3 atom stereocenters. The van der Waals surface area contributed by atoms with Crippen LogP contribution in [0.5, 0.6) is 0 Å². The molecule has 0 aromatic heterocycles. The van der Waals surface area contributed by atoms with Crippen molar-refractivity contribution in [3.8, 4) is 0 Å². The summed E-state index contributed by atoms with van der Waals surface area (Å²) in [7, 11) is -0.922. The molecule has 2 heterocycles. The van der Waals surface area contributed by atoms with Crippen LogP contribution in [0.25, 0.3) is 0 Å². The van der Waals surface area contributed by atoms with Gasteiger partial charge in [-0.3, -0.25) is 4.79 Å². The van der Waals surface area contributed by atoms with Crippen LogP contribution >= 0.6 is 0 Å². The Balaban J connectivity index is 1.75. The maximum atomic E-state index is 12.9. The first kappa shape index (κ1) is 17.7. The predicted octanol–water partition coefficient (Wildman–Crippen LogP) is 2.04. The molecular weight excluding hydrogens is 321 g/mol. The third-order valence-electron chi connectivity index (χ3n) is 4.75. The Morgan fingerprint density at radius 2 is 2.12 bits per heavy atom. The lowest BCUT2D eigenvalue weighted by Gasteiger charge is -2.31. The molecule has 0 radical (unpaired) electrons. The van der Waals surface area contributed by atoms with Gasteiger partial charge in [0.05, 0.1) is 18.1 Å². The summed E-state index contributed by atoms with van der Waals surface area (Å²) >= 11 is 0. The van der Waals surface area contributed by atoms with Crippen LogP contribution in [-0.4, -0.2) is 47.8 Å². The monoisotopic (exact) mass is 343 g/mol. The molecule has 6 nitrogen and oxygen atoms in total. The molecule has 2 aliphatic rings. The number of carbonyl (C=O) groups is 2. The third kappa shape index (κ3) is 3.77. The largest absolute Gasteiger partial charge is 0.458 e. The lowest BCUT2D eigenvalue weighted by molar-refractivity contribution is -0.135. The lowest BCUT2D eigenvalue weighted by Crippen LogP contribution is -2.48. The van der Waals surface area contributed by atoms with E-state index in [9.17, 15) is 14.6 Å². The molecule has 1 N–H and O–H groups in total. The smallest absolute Gasteiger partial charge is 0.447 e. The van der Waals surface area contributed by atoms with Gasteiger partial charge in [0.2, 0.25) is 5.91 Å². The number of imide groups is 1. The zero-order chi connectivity index (χ0) is 18.0. The van der Waals surface area contributed by atoms with Crippen LogP contribution in [0.15, 0.2) is 42.0 Å². The van der Waals surface area contributed by atoms with Gasteiger partial charge in [-0.2, -0.15) is 0 Å². The molecule has 0 spiro atoms. The molecule has 1 aromatic carbocycles. The minimum Gasteiger partial charge on any atom is -0.447 e. The van der Waals surface area contributed by atoms with Crippen molar-refractivity contribution in [2.75, 3.05) is 6.61 Å². The fraction of sp³-hybridized carbons (Fsp3) is 0.444. The van der Waals surface area contributed by atoms with Crippen molar-refractivity contribution in [3.63, 3.8) is 0 Å². The van der Waals surface area contributed by atoms with Gasteiger partial charge in [-0.25, -0.2) is 9.69 Å². The number of ether oxygens (including phenoxy) is 1. The van der Waals surface area contributed by atoms with E-state index in [4.69, 9.17) is 9.39 Å². The number of amides is 2. The quantitative estimate of drug-likeness (QED) is 0.669. The minimum absolute atomic E-state index is 0.190. The first-order chi connectivity index (χ1) is 12.0. The SMILES string of the molecule is CC1=CCB(O)O[C@@H]1[C@@H](C)C(=O)N1C(=O)OC[C@H]1Cc1ccccc1. The Labute approximate surface area is 147 Å². The molecule has 2 aliphatic heterocycles. The van der Waals surface area contributed by atoms with E-state index in [1.807, 2.05) is 43.3 Å². The molecule has 1 aromatic rings. The Morgan fingerprint density at radius 1 is 1.40 bits per heavy atom. The zero-order valence-corrected chi connectivity index (χ0v) is 14.4. The van der Waals surface area contributed by atoms with E-state index in [1.165, 1.54) is 4.90 Å². The summed E-state index contributed by atoms with van der Waals surface area (Å²) in [5.74, 6) is -0.926. The highest BCUT2D eigenvalue weighted by Crippen LogP contribution is 2.27. The second-order valence-corrected chi connectivity index (χ2v) is 6.61. The summed E-state index contributed by atoms with van der Waals surface area (Å²) in [6.07, 6.45) is 1.67. The van der Waals surface area contributed by atoms with Gasteiger partial charge < -0.3 is 14.4 Å². The summed E-state index contributed by atoms with van der Waals surface area (Å²) in [4.78, 5) is 26.3. The number of hydrogen-bond acceptors (Lipinski definition) is 5. The number of cyclic esters (lactones) is 1. The van der Waals surface area contributed by atoms with Gasteiger partial charge in [-0.05, 0) is 24.5 Å². The fourth-order valence-electron chi connectivity index (χ4n) is 3.36. The van der Waals surface area contributed by atoms with E-state index in [1.54, 1.807) is 6.92 Å². The lowest BCUT2D eigenvalue weighted by atomic mass is 9.78. The molecule has 7 heteroatoms. The van der Waals surface area contributed by atoms with Crippen LogP contribution in [0.1, 0.15) is 19.4 Å². The molecule has 2 amide bonds. The van der Waals surface area contributed by atoms with E-state index in [0.29, 0.717) is 12.7 Å². The van der Waals surface area contributed by atoms with Crippen molar-refractivity contribution in [3.05, 3.63) is 47.5 Å². The van der Waals surface area contributed by atoms with Gasteiger partial charge >= 0.3 is 13.2 Å². The average Bonchev–Trinajstić information content (AvgIpc) is 2.97. The summed E-state index contributed by atoms with van der Waals surface area (Å²) in [6.45, 7) is 3.77. The molecule has 25 heavy (non-hydrogen) atoms. The molecule has 0 saturated carbocycles. The van der Waals surface area contributed by atoms with Crippen LogP contribution < -0.4 is 0 Å². The highest BCUT2D eigenvalue weighted by molar-refractivity contribution is 6.43. The van der Waals surface area contributed by atoms with Crippen molar-refractivity contribution in [2.24, 2.45) is 5.92 Å². The number of rotatable bonds is 4. The maximum absolute atomic E-state index is 12.9. The van der Waals surface area contributed by atoms with Crippen molar-refractivity contribution in [2.45, 2.75) is 38.7 Å². The van der Waals surface area contributed by atoms with Crippen molar-refractivity contribution >= 4 is 19.1 Å². The van der Waals surface area contributed by atoms with Crippen LogP contribution in [-0.2, 0) is 20.6 Å². The van der Waals surface area contributed by atoms with Gasteiger partial charge in [0, 0.05) is 6.32 Å². The third-order valence-corrected chi connectivity index (χ3v) is 4.75. The number of hydrogen-bond donors (Lipinski definition) is 1. The normalized spacial score (nSPS) is 24.8. The van der Waals surface area contributed by atoms with E-state index in [2.05, 4.69) is 0 Å². The van der Waals surface area contributed by atoms with E-state index < -0.39 is 25.2 Å². The van der Waals surface area contributed by atoms with E-state index in [0.717, 1.165) is 11.1 Å². The average molecular weight is 343 g/mol. The van der Waals surface area contributed by atoms with Gasteiger partial charge in [0.15, 0.2) is 0 Å². The highest BCUT2D eigenvalue weighted by Gasteiger charge is 2.43. The molecule has 0 aliphatic carbocycles. The second-order valence-electron chi connectivity index (χ2n) is 6.61. The molecule has 3 rings (SSSR count). The first-order valence-corrected chi connectivity index (χ1v) is 8.51. The van der Waals surface area contributed by atoms with E-state index in [-0.39, 0.29) is 18.6 Å². The first-order valence-electron chi connectivity index (χ1n) is 8.51. The van der Waals surface area contributed by atoms with Crippen molar-refractivity contribution < 1.29 is 24.0 Å². The van der Waals surface area contributed by atoms with Gasteiger partial charge in [0.1, 0.15) is 6.61 Å². The number of allylic oxidation sites excluding steroid dienone is 1. The Kier molecular flexibility index (Phi) is 5.25. The summed E-state index contributed by atoms with van der Waals surface area (Å²) < 4.78 is 10.6. The Bertz CT molecular complexity index is 677. The molecule has 1 fully saturated rings. The predicted molar refractivity (Wildman–Crippen MR) is 92.7 cm³/mol. The van der Waals surface area contributed by atoms with E-state index >= 15 is 0 Å². The van der Waals surface area contributed by atoms with Crippen LogP contribution in [0, 0.1) is 5.92 Å². The summed E-state index contributed by atoms with van der Waals surface area (Å²) in [5.41, 5.74) is 1.93. The number of carbonyl (C=O) groups excluding carboxylic acids is 2. The van der Waals surface area contributed by atoms with Crippen LogP contribution in [0.2, 0.25) is 6.32 Å². The molecule has 0 unspecified atom stereocenters. The topological polar surface area (TPSA) is 76.1 Å². The molecule has 1 saturated heterocycles. The van der Waals surface area contributed by atoms with Gasteiger partial charge in [-0.1, -0.05) is 43.3 Å². The molecular formula is C18H22BNO5. The van der Waals surface area contributed by atoms with Crippen LogP contribution in [0.4, 0.5) is 4.79 Å². The zero-order valence-electron chi connectivity index (χ0n) is 14.4. The summed E-state index contributed by atoms with van der Waals surface area (Å²) in [5, 5.41) is 9.71. The minimum atomic E-state index is -0.922. The van der Waals surface area contributed by atoms with Crippen molar-refractivity contribution in [1.82, 2.24) is 4.90 Å². The Morgan fingerprint density at radius 3 is 2.84 bits per heavy atom. The Hall–Kier alpha value is -2.12. The second kappa shape index (κ2) is 7.41. The highest BCUT2D eigenvalue weighted by atomic mass is 16.6. The number of nitrogens with zero attached hydrogens (tertiary/aromatic N) is 1. The maximum Gasteiger partial charge on any atom is 0.458 e. The van der Waals surface area contributed by atoms with Gasteiger partial charge in [0.25, 0.3) is 0 Å². The van der Waals surface area contributed by atoms with Crippen molar-refractivity contribution in [1.29, 1.82) is 0 Å². The van der Waals surface area contributed by atoms with Gasteiger partial charge in [-0.15, -0.1) is 0 Å². The number of benzene rings is 1. The standard InChI is InChI=1S/C18H22BNO5/c1-12-8-9-19(23)25-16(12)13(2)17(21)20-15(11-24-18(20)22)10-14-6-4-3-5-7-14/h3-8,13,15-16,23H,9-11H2,1-2H3/t13-,15-,16+/m1/s1. The molecule has 132 valence electrons.